The van der Waals surface area contributed by atoms with Crippen molar-refractivity contribution in [2.75, 3.05) is 7.11 Å². The second-order valence-electron chi connectivity index (χ2n) is 4.38. The van der Waals surface area contributed by atoms with Crippen LogP contribution in [0.2, 0.25) is 0 Å². The summed E-state index contributed by atoms with van der Waals surface area (Å²) in [6.45, 7) is 3.56. The van der Waals surface area contributed by atoms with E-state index in [1.54, 1.807) is 13.2 Å². The molecule has 110 valence electrons. The van der Waals surface area contributed by atoms with Crippen LogP contribution in [0.1, 0.15) is 17.2 Å². The molecule has 0 radical (unpaired) electrons. The van der Waals surface area contributed by atoms with Crippen molar-refractivity contribution < 1.29 is 9.57 Å². The lowest BCUT2D eigenvalue weighted by atomic mass is 10.1. The Balaban J connectivity index is 2.20. The lowest BCUT2D eigenvalue weighted by Crippen LogP contribution is -1.97. The number of ether oxygens (including phenoxy) is 1. The van der Waals surface area contributed by atoms with Crippen LogP contribution in [0.15, 0.2) is 72.4 Å². The van der Waals surface area contributed by atoms with Gasteiger partial charge in [0.2, 0.25) is 6.10 Å². The Morgan fingerprint density at radius 3 is 2.45 bits per heavy atom. The normalized spacial score (nSPS) is 11.3. The molecule has 3 heteroatoms. The van der Waals surface area contributed by atoms with Gasteiger partial charge in [-0.25, -0.2) is 0 Å². The third-order valence-corrected chi connectivity index (χ3v) is 2.87. The van der Waals surface area contributed by atoms with Crippen LogP contribution in [-0.4, -0.2) is 13.3 Å². The van der Waals surface area contributed by atoms with Crippen LogP contribution in [0.25, 0.3) is 0 Å². The van der Waals surface area contributed by atoms with E-state index in [4.69, 9.17) is 9.57 Å². The van der Waals surface area contributed by atoms with E-state index >= 15 is 0 Å². The molecule has 0 amide bonds. The van der Waals surface area contributed by atoms with E-state index in [9.17, 15) is 0 Å². The number of oxime groups is 1. The number of allylic oxidation sites excluding steroid dienone is 1. The predicted octanol–water partition coefficient (Wildman–Crippen LogP) is 3.98. The Morgan fingerprint density at radius 2 is 1.82 bits per heavy atom. The highest BCUT2D eigenvalue weighted by Gasteiger charge is 2.08. The molecule has 0 spiro atoms. The first-order valence-corrected chi connectivity index (χ1v) is 6.84. The minimum Gasteiger partial charge on any atom is -0.497 e. The van der Waals surface area contributed by atoms with Gasteiger partial charge in [0.05, 0.1) is 13.3 Å². The number of methoxy groups -OCH3 is 1. The maximum atomic E-state index is 5.44. The van der Waals surface area contributed by atoms with Crippen molar-refractivity contribution in [3.05, 3.63) is 78.4 Å². The molecular weight excluding hydrogens is 274 g/mol. The van der Waals surface area contributed by atoms with Crippen molar-refractivity contribution in [3.8, 4) is 17.6 Å². The molecule has 2 aromatic carbocycles. The summed E-state index contributed by atoms with van der Waals surface area (Å²) in [7, 11) is 1.64. The van der Waals surface area contributed by atoms with Crippen molar-refractivity contribution in [1.29, 1.82) is 0 Å². The molecule has 1 atom stereocenters. The summed E-state index contributed by atoms with van der Waals surface area (Å²) in [5.41, 5.74) is 1.84. The van der Waals surface area contributed by atoms with Gasteiger partial charge in [0.1, 0.15) is 5.75 Å². The monoisotopic (exact) mass is 291 g/mol. The van der Waals surface area contributed by atoms with Gasteiger partial charge in [0.15, 0.2) is 0 Å². The molecule has 2 aromatic rings. The van der Waals surface area contributed by atoms with E-state index in [2.05, 4.69) is 23.6 Å². The maximum Gasteiger partial charge on any atom is 0.213 e. The first-order valence-electron chi connectivity index (χ1n) is 6.84. The molecule has 0 heterocycles. The highest BCUT2D eigenvalue weighted by molar-refractivity contribution is 5.69. The van der Waals surface area contributed by atoms with Gasteiger partial charge in [-0.05, 0) is 36.3 Å². The standard InChI is InChI=1S/C19H17NO2/c1-3-15-20-22-19(17-7-5-4-6-8-17)14-11-16-9-12-18(21-2)13-10-16/h3-10,12-13,15,19H,1H2,2H3/b20-15+. The summed E-state index contributed by atoms with van der Waals surface area (Å²) in [5.74, 6) is 6.98. The molecule has 2 rings (SSSR count). The van der Waals surface area contributed by atoms with Gasteiger partial charge in [-0.15, -0.1) is 0 Å². The maximum absolute atomic E-state index is 5.44. The highest BCUT2D eigenvalue weighted by Crippen LogP contribution is 2.17. The molecule has 0 aromatic heterocycles. The Hall–Kier alpha value is -2.99. The first-order chi connectivity index (χ1) is 10.8. The average Bonchev–Trinajstić information content (AvgIpc) is 2.59. The second-order valence-corrected chi connectivity index (χ2v) is 4.38. The first kappa shape index (κ1) is 15.4. The quantitative estimate of drug-likeness (QED) is 0.474. The minimum atomic E-state index is -0.431. The summed E-state index contributed by atoms with van der Waals surface area (Å²) < 4.78 is 5.13. The van der Waals surface area contributed by atoms with Crippen LogP contribution in [0, 0.1) is 11.8 Å². The van der Waals surface area contributed by atoms with Crippen LogP contribution in [-0.2, 0) is 4.84 Å². The number of rotatable bonds is 5. The van der Waals surface area contributed by atoms with Gasteiger partial charge >= 0.3 is 0 Å². The summed E-state index contributed by atoms with van der Waals surface area (Å²) in [5, 5.41) is 3.84. The summed E-state index contributed by atoms with van der Waals surface area (Å²) in [4.78, 5) is 5.44. The van der Waals surface area contributed by atoms with E-state index in [0.717, 1.165) is 16.9 Å². The third kappa shape index (κ3) is 4.53. The Morgan fingerprint density at radius 1 is 1.09 bits per heavy atom. The van der Waals surface area contributed by atoms with Crippen molar-refractivity contribution in [1.82, 2.24) is 0 Å². The molecule has 1 unspecified atom stereocenters. The Bertz CT molecular complexity index is 679. The van der Waals surface area contributed by atoms with Gasteiger partial charge in [-0.1, -0.05) is 48.0 Å². The van der Waals surface area contributed by atoms with Crippen molar-refractivity contribution in [2.24, 2.45) is 5.16 Å². The molecule has 0 bridgehead atoms. The molecule has 0 aliphatic carbocycles. The largest absolute Gasteiger partial charge is 0.497 e. The molecule has 22 heavy (non-hydrogen) atoms. The third-order valence-electron chi connectivity index (χ3n) is 2.87. The molecular formula is C19H17NO2. The summed E-state index contributed by atoms with van der Waals surface area (Å²) >= 11 is 0. The average molecular weight is 291 g/mol. The second kappa shape index (κ2) is 8.33. The summed E-state index contributed by atoms with van der Waals surface area (Å²) in [6.07, 6.45) is 2.61. The van der Waals surface area contributed by atoms with Crippen LogP contribution in [0.4, 0.5) is 0 Å². The Labute approximate surface area is 130 Å². The zero-order valence-corrected chi connectivity index (χ0v) is 12.4. The van der Waals surface area contributed by atoms with Crippen LogP contribution in [0.3, 0.4) is 0 Å². The van der Waals surface area contributed by atoms with Crippen molar-refractivity contribution >= 4 is 6.21 Å². The lowest BCUT2D eigenvalue weighted by molar-refractivity contribution is 0.101. The molecule has 0 saturated heterocycles. The van der Waals surface area contributed by atoms with Gasteiger partial charge < -0.3 is 9.57 Å². The molecule has 0 aliphatic rings. The fraction of sp³-hybridized carbons (Fsp3) is 0.105. The van der Waals surface area contributed by atoms with Gasteiger partial charge in [0.25, 0.3) is 0 Å². The van der Waals surface area contributed by atoms with Crippen molar-refractivity contribution in [2.45, 2.75) is 6.10 Å². The minimum absolute atomic E-state index is 0.431. The zero-order valence-electron chi connectivity index (χ0n) is 12.4. The summed E-state index contributed by atoms with van der Waals surface area (Å²) in [6, 6.07) is 17.3. The topological polar surface area (TPSA) is 30.8 Å². The van der Waals surface area contributed by atoms with E-state index < -0.39 is 6.10 Å². The van der Waals surface area contributed by atoms with Gasteiger partial charge in [-0.2, -0.15) is 0 Å². The molecule has 3 nitrogen and oxygen atoms in total. The van der Waals surface area contributed by atoms with Crippen LogP contribution in [0.5, 0.6) is 5.75 Å². The van der Waals surface area contributed by atoms with Crippen LogP contribution < -0.4 is 4.74 Å². The van der Waals surface area contributed by atoms with E-state index in [1.165, 1.54) is 6.21 Å². The fourth-order valence-corrected chi connectivity index (χ4v) is 1.76. The number of hydrogen-bond donors (Lipinski definition) is 0. The number of benzene rings is 2. The molecule has 0 N–H and O–H groups in total. The molecule has 0 aliphatic heterocycles. The number of nitrogens with zero attached hydrogens (tertiary/aromatic N) is 1. The van der Waals surface area contributed by atoms with Crippen molar-refractivity contribution in [3.63, 3.8) is 0 Å². The van der Waals surface area contributed by atoms with Crippen LogP contribution >= 0.6 is 0 Å². The predicted molar refractivity (Wildman–Crippen MR) is 88.8 cm³/mol. The Kier molecular flexibility index (Phi) is 5.83. The SMILES string of the molecule is C=C/C=N/OC(C#Cc1ccc(OC)cc1)c1ccccc1. The molecule has 0 saturated carbocycles. The van der Waals surface area contributed by atoms with E-state index in [0.29, 0.717) is 0 Å². The van der Waals surface area contributed by atoms with E-state index in [-0.39, 0.29) is 0 Å². The van der Waals surface area contributed by atoms with E-state index in [1.807, 2.05) is 54.6 Å². The zero-order chi connectivity index (χ0) is 15.6. The van der Waals surface area contributed by atoms with Gasteiger partial charge in [-0.3, -0.25) is 0 Å². The lowest BCUT2D eigenvalue weighted by Gasteiger charge is -2.08. The fourth-order valence-electron chi connectivity index (χ4n) is 1.76. The van der Waals surface area contributed by atoms with Gasteiger partial charge in [0, 0.05) is 11.1 Å². The highest BCUT2D eigenvalue weighted by atomic mass is 16.6. The smallest absolute Gasteiger partial charge is 0.213 e. The number of hydrogen-bond acceptors (Lipinski definition) is 3. The molecule has 0 fully saturated rings.